The Labute approximate surface area is 399 Å². The Morgan fingerprint density at radius 2 is 1.73 bits per heavy atom. The molecule has 15 unspecified atom stereocenters. The molecule has 16 nitrogen and oxygen atoms in total. The molecule has 67 heavy (non-hydrogen) atoms. The van der Waals surface area contributed by atoms with Gasteiger partial charge in [0.05, 0.1) is 40.8 Å². The van der Waals surface area contributed by atoms with Crippen LogP contribution in [-0.2, 0) is 49.2 Å². The van der Waals surface area contributed by atoms with Crippen LogP contribution in [0.2, 0.25) is 5.02 Å². The summed E-state index contributed by atoms with van der Waals surface area (Å²) in [4.78, 5) is 75.5. The zero-order chi connectivity index (χ0) is 49.4. The smallest absolute Gasteiger partial charge is 0.419 e. The summed E-state index contributed by atoms with van der Waals surface area (Å²) in [6.45, 7) is 20.5. The van der Waals surface area contributed by atoms with E-state index in [2.05, 4.69) is 18.7 Å². The molecule has 1 aromatic carbocycles. The second kappa shape index (κ2) is 21.2. The number of amides is 3. The number of hydrogen-bond donors (Lipinski definition) is 1. The number of halogens is 2. The fraction of sp³-hybridized carbons (Fsp3) is 0.776. The van der Waals surface area contributed by atoms with Crippen LogP contribution in [0.5, 0.6) is 0 Å². The molecule has 4 saturated heterocycles. The molecule has 18 heteroatoms. The Balaban J connectivity index is 1.43. The van der Waals surface area contributed by atoms with Crippen molar-refractivity contribution >= 4 is 41.6 Å². The monoisotopic (exact) mass is 965 g/mol. The molecule has 4 aliphatic heterocycles. The van der Waals surface area contributed by atoms with Crippen molar-refractivity contribution in [3.05, 3.63) is 34.6 Å². The minimum absolute atomic E-state index is 0.0295. The second-order valence-electron chi connectivity index (χ2n) is 20.5. The highest BCUT2D eigenvalue weighted by Gasteiger charge is 2.61. The van der Waals surface area contributed by atoms with Gasteiger partial charge in [-0.25, -0.2) is 23.7 Å². The lowest BCUT2D eigenvalue weighted by Crippen LogP contribution is -2.62. The summed E-state index contributed by atoms with van der Waals surface area (Å²) in [7, 11) is 1.48. The molecule has 5 aliphatic rings. The van der Waals surface area contributed by atoms with Crippen molar-refractivity contribution in [1.82, 2.24) is 14.7 Å². The number of carbonyl (C=O) groups is 5. The number of nitrogens with zero attached hydrogens (tertiary/aromatic N) is 3. The van der Waals surface area contributed by atoms with Crippen LogP contribution in [0.25, 0.3) is 0 Å². The summed E-state index contributed by atoms with van der Waals surface area (Å²) < 4.78 is 57.9. The Hall–Kier alpha value is -3.61. The molecular formula is C49H73ClFN3O13. The van der Waals surface area contributed by atoms with Crippen LogP contribution in [0.1, 0.15) is 114 Å². The highest BCUT2D eigenvalue weighted by Crippen LogP contribution is 2.44. The molecule has 1 aliphatic carbocycles. The van der Waals surface area contributed by atoms with Gasteiger partial charge < -0.3 is 38.3 Å². The molecular weight excluding hydrogens is 893 g/mol. The number of methoxy groups -OCH3 is 1. The van der Waals surface area contributed by atoms with Gasteiger partial charge in [-0.3, -0.25) is 19.4 Å². The molecule has 0 spiro atoms. The van der Waals surface area contributed by atoms with Gasteiger partial charge in [0.1, 0.15) is 36.5 Å². The molecule has 0 aromatic heterocycles. The van der Waals surface area contributed by atoms with Crippen LogP contribution >= 0.6 is 11.6 Å². The first kappa shape index (κ1) is 52.8. The molecule has 1 saturated carbocycles. The molecule has 1 aromatic rings. The largest absolute Gasteiger partial charge is 0.458 e. The SMILES string of the molecule is CCC1OC(=O)C(C)C(OC(=O)N2C(=O)OCC2C)C(C)C(OC2OC(C)CC(N(CC3CC3)C(C)C)C2O)C(C)(OC)CC(C)C(=O)C(C)C2N(CCc3ccc(F)c(Cl)c3)C(=O)OC12C. The van der Waals surface area contributed by atoms with Gasteiger partial charge in [0.2, 0.25) is 0 Å². The van der Waals surface area contributed by atoms with Crippen LogP contribution in [-0.4, -0.2) is 149 Å². The van der Waals surface area contributed by atoms with Crippen LogP contribution in [0.15, 0.2) is 18.2 Å². The first-order valence-corrected chi connectivity index (χ1v) is 24.5. The summed E-state index contributed by atoms with van der Waals surface area (Å²) in [5, 5.41) is 12.2. The summed E-state index contributed by atoms with van der Waals surface area (Å²) >= 11 is 6.11. The van der Waals surface area contributed by atoms with Crippen molar-refractivity contribution < 1.29 is 66.6 Å². The van der Waals surface area contributed by atoms with Crippen LogP contribution < -0.4 is 0 Å². The number of rotatable bonds is 12. The zero-order valence-electron chi connectivity index (χ0n) is 41.2. The topological polar surface area (TPSA) is 180 Å². The van der Waals surface area contributed by atoms with E-state index in [1.807, 2.05) is 6.92 Å². The fourth-order valence-corrected chi connectivity index (χ4v) is 11.3. The first-order chi connectivity index (χ1) is 31.5. The number of aliphatic hydroxyl groups is 1. The Kier molecular flexibility index (Phi) is 16.7. The van der Waals surface area contributed by atoms with Gasteiger partial charge in [-0.05, 0) is 111 Å². The van der Waals surface area contributed by atoms with E-state index in [1.165, 1.54) is 24.1 Å². The Bertz CT molecular complexity index is 1980. The van der Waals surface area contributed by atoms with Crippen molar-refractivity contribution in [3.63, 3.8) is 0 Å². The maximum atomic E-state index is 15.0. The summed E-state index contributed by atoms with van der Waals surface area (Å²) in [6, 6.07) is 2.44. The maximum Gasteiger partial charge on any atom is 0.419 e. The van der Waals surface area contributed by atoms with Crippen LogP contribution in [0.4, 0.5) is 18.8 Å². The van der Waals surface area contributed by atoms with E-state index >= 15 is 4.79 Å². The minimum atomic E-state index is -1.56. The lowest BCUT2D eigenvalue weighted by atomic mass is 9.73. The van der Waals surface area contributed by atoms with E-state index in [-0.39, 0.29) is 61.4 Å². The third-order valence-electron chi connectivity index (χ3n) is 15.1. The minimum Gasteiger partial charge on any atom is -0.458 e. The van der Waals surface area contributed by atoms with Gasteiger partial charge in [0, 0.05) is 50.0 Å². The summed E-state index contributed by atoms with van der Waals surface area (Å²) in [5.74, 6) is -4.97. The normalized spacial score (nSPS) is 37.8. The van der Waals surface area contributed by atoms with Crippen LogP contribution in [0, 0.1) is 35.4 Å². The standard InChI is InChI=1S/C49H73ClFN3O13/c1-13-37-49(11)41(52(45(58)67-49)19-18-32-16-17-35(51)34(50)21-32)29(7)38(55)26(4)22-48(10,61-12)42(66-44-39(56)36(20-28(6)63-44)53(25(2)3)23-33-14-15-33)30(8)40(31(9)43(57)64-37)65-47(60)54-27(5)24-62-46(54)59/h16-17,21,25-31,33,36-37,39-42,44,56H,13-15,18-20,22-24H2,1-12H3. The number of imide groups is 1. The quantitative estimate of drug-likeness (QED) is 0.160. The third-order valence-corrected chi connectivity index (χ3v) is 15.4. The highest BCUT2D eigenvalue weighted by molar-refractivity contribution is 6.30. The molecule has 376 valence electrons. The highest BCUT2D eigenvalue weighted by atomic mass is 35.5. The first-order valence-electron chi connectivity index (χ1n) is 24.1. The van der Waals surface area contributed by atoms with Crippen molar-refractivity contribution in [2.45, 2.75) is 187 Å². The number of ether oxygens (including phenoxy) is 7. The lowest BCUT2D eigenvalue weighted by molar-refractivity contribution is -0.303. The second-order valence-corrected chi connectivity index (χ2v) is 20.9. The van der Waals surface area contributed by atoms with Gasteiger partial charge in [0.25, 0.3) is 0 Å². The van der Waals surface area contributed by atoms with Crippen molar-refractivity contribution in [3.8, 4) is 0 Å². The number of carbonyl (C=O) groups excluding carboxylic acids is 5. The average Bonchev–Trinajstić information content (AvgIpc) is 3.98. The van der Waals surface area contributed by atoms with Crippen molar-refractivity contribution in [1.29, 1.82) is 0 Å². The van der Waals surface area contributed by atoms with E-state index in [9.17, 15) is 28.7 Å². The summed E-state index contributed by atoms with van der Waals surface area (Å²) in [6.07, 6.45) is -5.79. The number of benzene rings is 1. The zero-order valence-corrected chi connectivity index (χ0v) is 42.0. The lowest BCUT2D eigenvalue weighted by Gasteiger charge is -2.49. The number of fused-ring (bicyclic) bond motifs is 1. The van der Waals surface area contributed by atoms with Crippen molar-refractivity contribution in [2.75, 3.05) is 26.8 Å². The predicted octanol–water partition coefficient (Wildman–Crippen LogP) is 7.56. The fourth-order valence-electron chi connectivity index (χ4n) is 11.1. The maximum absolute atomic E-state index is 15.0. The summed E-state index contributed by atoms with van der Waals surface area (Å²) in [5.41, 5.74) is -2.32. The van der Waals surface area contributed by atoms with E-state index in [4.69, 9.17) is 44.8 Å². The number of hydrogen-bond acceptors (Lipinski definition) is 14. The van der Waals surface area contributed by atoms with Gasteiger partial charge in [-0.15, -0.1) is 0 Å². The van der Waals surface area contributed by atoms with Gasteiger partial charge in [0.15, 0.2) is 11.9 Å². The molecule has 0 radical (unpaired) electrons. The van der Waals surface area contributed by atoms with Gasteiger partial charge >= 0.3 is 24.2 Å². The Morgan fingerprint density at radius 3 is 2.31 bits per heavy atom. The molecule has 15 atom stereocenters. The molecule has 3 amide bonds. The molecule has 4 heterocycles. The number of ketones is 1. The molecule has 6 rings (SSSR count). The Morgan fingerprint density at radius 1 is 1.04 bits per heavy atom. The average molecular weight is 967 g/mol. The van der Waals surface area contributed by atoms with Crippen LogP contribution in [0.3, 0.4) is 0 Å². The molecule has 1 N–H and O–H groups in total. The van der Waals surface area contributed by atoms with Gasteiger partial charge in [-0.1, -0.05) is 45.4 Å². The third kappa shape index (κ3) is 11.1. The van der Waals surface area contributed by atoms with Crippen molar-refractivity contribution in [2.24, 2.45) is 29.6 Å². The number of cyclic esters (lactones) is 2. The van der Waals surface area contributed by atoms with Gasteiger partial charge in [-0.2, -0.15) is 0 Å². The van der Waals surface area contributed by atoms with E-state index in [0.29, 0.717) is 17.9 Å². The number of aliphatic hydroxyl groups excluding tert-OH is 1. The van der Waals surface area contributed by atoms with E-state index in [1.54, 1.807) is 61.5 Å². The molecule has 5 fully saturated rings. The molecule has 0 bridgehead atoms. The number of esters is 1. The van der Waals surface area contributed by atoms with E-state index in [0.717, 1.165) is 24.3 Å². The predicted molar refractivity (Wildman–Crippen MR) is 243 cm³/mol. The van der Waals surface area contributed by atoms with E-state index < -0.39 is 108 Å². The number of Topliss-reactive ketones (excluding diaryl/α,β-unsaturated/α-hetero) is 1.